The van der Waals surface area contributed by atoms with Crippen LogP contribution in [0, 0.1) is 5.82 Å². The van der Waals surface area contributed by atoms with Crippen molar-refractivity contribution in [2.45, 2.75) is 18.4 Å². The molecule has 5 rings (SSSR count). The highest BCUT2D eigenvalue weighted by Gasteiger charge is 2.33. The van der Waals surface area contributed by atoms with Gasteiger partial charge in [0.1, 0.15) is 11.4 Å². The summed E-state index contributed by atoms with van der Waals surface area (Å²) in [5, 5.41) is 32.0. The van der Waals surface area contributed by atoms with Crippen molar-refractivity contribution < 1.29 is 14.6 Å². The first-order chi connectivity index (χ1) is 15.0. The van der Waals surface area contributed by atoms with E-state index in [1.807, 2.05) is 18.2 Å². The van der Waals surface area contributed by atoms with Gasteiger partial charge in [-0.15, -0.1) is 0 Å². The molecule has 0 saturated carbocycles. The lowest BCUT2D eigenvalue weighted by Crippen LogP contribution is -2.27. The number of aromatic nitrogens is 4. The van der Waals surface area contributed by atoms with Gasteiger partial charge < -0.3 is 10.2 Å². The number of fused-ring (bicyclic) bond motifs is 2. The average molecular weight is 420 g/mol. The van der Waals surface area contributed by atoms with E-state index in [0.717, 1.165) is 11.1 Å². The summed E-state index contributed by atoms with van der Waals surface area (Å²) in [6.07, 6.45) is 4.90. The summed E-state index contributed by atoms with van der Waals surface area (Å²) in [6, 6.07) is 10.2. The SMILES string of the molecule is CC(O)(c1cc2cccnc2cc1F)c1cnc2ccc(C3C=NN(CCO)C3)nn12. The lowest BCUT2D eigenvalue weighted by Gasteiger charge is -2.24. The molecule has 1 aromatic carbocycles. The van der Waals surface area contributed by atoms with E-state index < -0.39 is 11.4 Å². The fraction of sp³-hybridized carbons (Fsp3) is 0.273. The average Bonchev–Trinajstić information content (AvgIpc) is 3.40. The van der Waals surface area contributed by atoms with E-state index in [1.54, 1.807) is 34.1 Å². The Morgan fingerprint density at radius 1 is 1.23 bits per heavy atom. The molecule has 31 heavy (non-hydrogen) atoms. The third-order valence-corrected chi connectivity index (χ3v) is 5.65. The van der Waals surface area contributed by atoms with Gasteiger partial charge in [-0.05, 0) is 31.2 Å². The second-order valence-electron chi connectivity index (χ2n) is 7.78. The third-order valence-electron chi connectivity index (χ3n) is 5.65. The lowest BCUT2D eigenvalue weighted by molar-refractivity contribution is 0.0912. The van der Waals surface area contributed by atoms with Crippen molar-refractivity contribution in [2.24, 2.45) is 5.10 Å². The summed E-state index contributed by atoms with van der Waals surface area (Å²) in [4.78, 5) is 8.51. The van der Waals surface area contributed by atoms with Crippen molar-refractivity contribution >= 4 is 22.8 Å². The molecule has 3 aromatic heterocycles. The second kappa shape index (κ2) is 7.36. The van der Waals surface area contributed by atoms with Crippen molar-refractivity contribution in [3.63, 3.8) is 0 Å². The van der Waals surface area contributed by atoms with Crippen LogP contribution < -0.4 is 0 Å². The number of imidazole rings is 1. The smallest absolute Gasteiger partial charge is 0.153 e. The zero-order chi connectivity index (χ0) is 21.6. The molecule has 0 saturated heterocycles. The van der Waals surface area contributed by atoms with E-state index in [4.69, 9.17) is 5.11 Å². The molecule has 2 N–H and O–H groups in total. The van der Waals surface area contributed by atoms with Crippen LogP contribution in [0.15, 0.2) is 53.9 Å². The first-order valence-electron chi connectivity index (χ1n) is 9.99. The van der Waals surface area contributed by atoms with Crippen molar-refractivity contribution in [3.05, 3.63) is 71.6 Å². The van der Waals surface area contributed by atoms with Gasteiger partial charge in [0.2, 0.25) is 0 Å². The Bertz CT molecular complexity index is 1300. The molecule has 1 aliphatic rings. The monoisotopic (exact) mass is 420 g/mol. The van der Waals surface area contributed by atoms with Crippen LogP contribution in [-0.4, -0.2) is 60.7 Å². The van der Waals surface area contributed by atoms with Gasteiger partial charge in [0, 0.05) is 36.0 Å². The topological polar surface area (TPSA) is 99.1 Å². The van der Waals surface area contributed by atoms with E-state index in [-0.39, 0.29) is 18.1 Å². The maximum atomic E-state index is 15.0. The molecule has 158 valence electrons. The standard InChI is InChI=1S/C22H21FN6O2/c1-22(31,16-9-14-3-2-6-24-19(14)10-17(16)23)20-12-25-21-5-4-18(27-29(20)21)15-11-26-28(13-15)7-8-30/h2-6,9-12,15,30-31H,7-8,13H2,1H3. The van der Waals surface area contributed by atoms with E-state index >= 15 is 0 Å². The Kier molecular flexibility index (Phi) is 4.64. The number of hydrogen-bond donors (Lipinski definition) is 2. The van der Waals surface area contributed by atoms with Crippen LogP contribution in [0.1, 0.15) is 29.8 Å². The largest absolute Gasteiger partial charge is 0.394 e. The number of halogens is 1. The number of aliphatic hydroxyl groups is 2. The highest BCUT2D eigenvalue weighted by Crippen LogP contribution is 2.33. The fourth-order valence-corrected chi connectivity index (χ4v) is 3.95. The van der Waals surface area contributed by atoms with Crippen LogP contribution in [0.4, 0.5) is 4.39 Å². The number of nitrogens with zero attached hydrogens (tertiary/aromatic N) is 6. The summed E-state index contributed by atoms with van der Waals surface area (Å²) in [6.45, 7) is 2.62. The maximum Gasteiger partial charge on any atom is 0.153 e. The molecule has 0 radical (unpaired) electrons. The molecule has 0 bridgehead atoms. The van der Waals surface area contributed by atoms with Crippen molar-refractivity contribution in [3.8, 4) is 0 Å². The third kappa shape index (κ3) is 3.31. The number of benzene rings is 1. The minimum Gasteiger partial charge on any atom is -0.394 e. The molecule has 2 atom stereocenters. The van der Waals surface area contributed by atoms with Gasteiger partial charge in [-0.3, -0.25) is 9.99 Å². The maximum absolute atomic E-state index is 15.0. The minimum absolute atomic E-state index is 0.0257. The number of rotatable bonds is 5. The summed E-state index contributed by atoms with van der Waals surface area (Å²) >= 11 is 0. The molecular formula is C22H21FN6O2. The Balaban J connectivity index is 1.57. The van der Waals surface area contributed by atoms with Crippen LogP contribution in [0.5, 0.6) is 0 Å². The summed E-state index contributed by atoms with van der Waals surface area (Å²) in [7, 11) is 0. The van der Waals surface area contributed by atoms with E-state index in [9.17, 15) is 9.50 Å². The van der Waals surface area contributed by atoms with Crippen molar-refractivity contribution in [2.75, 3.05) is 19.7 Å². The lowest BCUT2D eigenvalue weighted by atomic mass is 9.91. The Hall–Kier alpha value is -3.43. The number of β-amino-alcohol motifs (C(OH)–C–C–N with tert-alkyl or cyclic N) is 1. The van der Waals surface area contributed by atoms with Gasteiger partial charge in [-0.2, -0.15) is 10.2 Å². The van der Waals surface area contributed by atoms with E-state index in [0.29, 0.717) is 29.9 Å². The molecule has 0 spiro atoms. The number of pyridine rings is 1. The zero-order valence-corrected chi connectivity index (χ0v) is 16.9. The van der Waals surface area contributed by atoms with Gasteiger partial charge in [0.25, 0.3) is 0 Å². The summed E-state index contributed by atoms with van der Waals surface area (Å²) in [5.74, 6) is -0.607. The highest BCUT2D eigenvalue weighted by atomic mass is 19.1. The quantitative estimate of drug-likeness (QED) is 0.513. The molecule has 1 aliphatic heterocycles. The molecule has 0 aliphatic carbocycles. The highest BCUT2D eigenvalue weighted by molar-refractivity contribution is 5.79. The zero-order valence-electron chi connectivity index (χ0n) is 16.9. The molecule has 2 unspecified atom stereocenters. The molecule has 8 nitrogen and oxygen atoms in total. The molecular weight excluding hydrogens is 399 g/mol. The van der Waals surface area contributed by atoms with Gasteiger partial charge in [-0.25, -0.2) is 13.9 Å². The Labute approximate surface area is 177 Å². The predicted molar refractivity (Wildman–Crippen MR) is 113 cm³/mol. The normalized spacial score (nSPS) is 18.2. The summed E-state index contributed by atoms with van der Waals surface area (Å²) in [5.41, 5.74) is 0.614. The van der Waals surface area contributed by atoms with Crippen LogP contribution >= 0.6 is 0 Å². The van der Waals surface area contributed by atoms with Gasteiger partial charge in [-0.1, -0.05) is 6.07 Å². The predicted octanol–water partition coefficient (Wildman–Crippen LogP) is 2.05. The van der Waals surface area contributed by atoms with Crippen LogP contribution in [0.25, 0.3) is 16.6 Å². The first-order valence-corrected chi connectivity index (χ1v) is 9.99. The number of hydrazone groups is 1. The molecule has 9 heteroatoms. The first kappa shape index (κ1) is 19.5. The van der Waals surface area contributed by atoms with Gasteiger partial charge >= 0.3 is 0 Å². The minimum atomic E-state index is -1.67. The Morgan fingerprint density at radius 3 is 2.94 bits per heavy atom. The Morgan fingerprint density at radius 2 is 2.10 bits per heavy atom. The van der Waals surface area contributed by atoms with E-state index in [1.165, 1.54) is 19.2 Å². The van der Waals surface area contributed by atoms with Gasteiger partial charge in [0.15, 0.2) is 5.65 Å². The molecule has 4 heterocycles. The van der Waals surface area contributed by atoms with E-state index in [2.05, 4.69) is 20.2 Å². The second-order valence-corrected chi connectivity index (χ2v) is 7.78. The summed E-state index contributed by atoms with van der Waals surface area (Å²) < 4.78 is 16.5. The molecule has 0 fully saturated rings. The van der Waals surface area contributed by atoms with Crippen molar-refractivity contribution in [1.82, 2.24) is 24.6 Å². The van der Waals surface area contributed by atoms with Crippen LogP contribution in [0.2, 0.25) is 0 Å². The van der Waals surface area contributed by atoms with Crippen LogP contribution in [0.3, 0.4) is 0 Å². The van der Waals surface area contributed by atoms with Crippen molar-refractivity contribution in [1.29, 1.82) is 0 Å². The molecule has 0 amide bonds. The number of hydrogen-bond acceptors (Lipinski definition) is 7. The van der Waals surface area contributed by atoms with Gasteiger partial charge in [0.05, 0.1) is 42.2 Å². The van der Waals surface area contributed by atoms with Crippen LogP contribution in [-0.2, 0) is 5.60 Å². The fourth-order valence-electron chi connectivity index (χ4n) is 3.95. The number of aliphatic hydroxyl groups excluding tert-OH is 1. The molecule has 4 aromatic rings.